The highest BCUT2D eigenvalue weighted by Gasteiger charge is 2.07. The second-order valence-electron chi connectivity index (χ2n) is 2.63. The summed E-state index contributed by atoms with van der Waals surface area (Å²) in [6.07, 6.45) is 4.74. The zero-order valence-corrected chi connectivity index (χ0v) is 8.91. The summed E-state index contributed by atoms with van der Waals surface area (Å²) in [5.41, 5.74) is 4.71. The Morgan fingerprint density at radius 2 is 2.00 bits per heavy atom. The average Bonchev–Trinajstić information content (AvgIpc) is 2.39. The molecule has 70 valence electrons. The molecule has 2 nitrogen and oxygen atoms in total. The van der Waals surface area contributed by atoms with E-state index in [1.807, 2.05) is 6.08 Å². The summed E-state index contributed by atoms with van der Waals surface area (Å²) in [5.74, 6) is 0. The van der Waals surface area contributed by atoms with Crippen molar-refractivity contribution in [1.82, 2.24) is 4.90 Å². The number of nitrogens with two attached hydrogens (primary N) is 1. The van der Waals surface area contributed by atoms with Gasteiger partial charge in [-0.2, -0.15) is 0 Å². The Morgan fingerprint density at radius 3 is 2.33 bits per heavy atom. The van der Waals surface area contributed by atoms with Gasteiger partial charge in [0.15, 0.2) is 0 Å². The molecule has 0 aliphatic carbocycles. The molecule has 1 aliphatic rings. The van der Waals surface area contributed by atoms with Crippen LogP contribution in [0.25, 0.3) is 0 Å². The SMILES string of the molecule is C=CCN1CCCC1.NC(=S)S. The number of nitrogens with zero attached hydrogens (tertiary/aromatic N) is 1. The van der Waals surface area contributed by atoms with Crippen molar-refractivity contribution < 1.29 is 0 Å². The number of hydrogen-bond acceptors (Lipinski definition) is 2. The molecule has 2 N–H and O–H groups in total. The van der Waals surface area contributed by atoms with Gasteiger partial charge in [-0.15, -0.1) is 19.2 Å². The molecule has 0 aromatic heterocycles. The van der Waals surface area contributed by atoms with Gasteiger partial charge in [0.05, 0.1) is 0 Å². The lowest BCUT2D eigenvalue weighted by Gasteiger charge is -2.09. The quantitative estimate of drug-likeness (QED) is 0.405. The van der Waals surface area contributed by atoms with Crippen LogP contribution in [0.1, 0.15) is 12.8 Å². The van der Waals surface area contributed by atoms with Crippen LogP contribution in [0, 0.1) is 0 Å². The molecule has 0 saturated carbocycles. The standard InChI is InChI=1S/C7H13N.CH3NS2/c1-2-5-8-6-3-4-7-8;2-1(3)4/h2H,1,3-7H2;(H3,2,3,4). The molecule has 4 heteroatoms. The fourth-order valence-corrected chi connectivity index (χ4v) is 1.15. The minimum absolute atomic E-state index is 0.194. The van der Waals surface area contributed by atoms with Crippen LogP contribution in [0.5, 0.6) is 0 Å². The summed E-state index contributed by atoms with van der Waals surface area (Å²) in [7, 11) is 0. The highest BCUT2D eigenvalue weighted by atomic mass is 32.1. The lowest BCUT2D eigenvalue weighted by molar-refractivity contribution is 0.377. The number of hydrogen-bond donors (Lipinski definition) is 2. The van der Waals surface area contributed by atoms with E-state index in [-0.39, 0.29) is 4.32 Å². The van der Waals surface area contributed by atoms with Gasteiger partial charge in [-0.3, -0.25) is 4.90 Å². The van der Waals surface area contributed by atoms with Crippen LogP contribution in [-0.2, 0) is 0 Å². The maximum absolute atomic E-state index is 4.71. The Bertz CT molecular complexity index is 138. The summed E-state index contributed by atoms with van der Waals surface area (Å²) in [5, 5.41) is 0. The first-order chi connectivity index (χ1) is 5.66. The molecule has 0 amide bonds. The van der Waals surface area contributed by atoms with Crippen LogP contribution in [0.3, 0.4) is 0 Å². The summed E-state index contributed by atoms with van der Waals surface area (Å²) >= 11 is 7.65. The Hall–Kier alpha value is -0.0600. The Labute approximate surface area is 85.2 Å². The van der Waals surface area contributed by atoms with Crippen molar-refractivity contribution in [3.05, 3.63) is 12.7 Å². The third-order valence-electron chi connectivity index (χ3n) is 1.59. The first kappa shape index (κ1) is 11.9. The van der Waals surface area contributed by atoms with Crippen LogP contribution in [0.15, 0.2) is 12.7 Å². The monoisotopic (exact) mass is 204 g/mol. The highest BCUT2D eigenvalue weighted by molar-refractivity contribution is 8.10. The number of thiocarbonyl (C=S) groups is 1. The van der Waals surface area contributed by atoms with E-state index in [0.29, 0.717) is 0 Å². The second kappa shape index (κ2) is 7.58. The maximum atomic E-state index is 4.71. The fourth-order valence-electron chi connectivity index (χ4n) is 1.15. The topological polar surface area (TPSA) is 29.3 Å². The van der Waals surface area contributed by atoms with Crippen molar-refractivity contribution in [2.45, 2.75) is 12.8 Å². The molecule has 0 spiro atoms. The third kappa shape index (κ3) is 8.04. The molecular formula is C8H16N2S2. The average molecular weight is 204 g/mol. The van der Waals surface area contributed by atoms with E-state index in [9.17, 15) is 0 Å². The van der Waals surface area contributed by atoms with E-state index in [1.165, 1.54) is 25.9 Å². The van der Waals surface area contributed by atoms with Gasteiger partial charge in [0.1, 0.15) is 4.32 Å². The lowest BCUT2D eigenvalue weighted by atomic mass is 10.4. The van der Waals surface area contributed by atoms with Crippen molar-refractivity contribution in [2.75, 3.05) is 19.6 Å². The molecular weight excluding hydrogens is 188 g/mol. The van der Waals surface area contributed by atoms with Gasteiger partial charge in [-0.1, -0.05) is 18.3 Å². The maximum Gasteiger partial charge on any atom is 0.128 e. The normalized spacial score (nSPS) is 16.4. The van der Waals surface area contributed by atoms with E-state index in [0.717, 1.165) is 6.54 Å². The number of rotatable bonds is 2. The van der Waals surface area contributed by atoms with Crippen LogP contribution in [0.2, 0.25) is 0 Å². The van der Waals surface area contributed by atoms with Gasteiger partial charge in [0.2, 0.25) is 0 Å². The zero-order valence-electron chi connectivity index (χ0n) is 7.20. The Morgan fingerprint density at radius 1 is 1.58 bits per heavy atom. The molecule has 0 bridgehead atoms. The van der Waals surface area contributed by atoms with E-state index in [2.05, 4.69) is 36.3 Å². The molecule has 0 unspecified atom stereocenters. The summed E-state index contributed by atoms with van der Waals surface area (Å²) in [6, 6.07) is 0. The molecule has 1 aliphatic heterocycles. The molecule has 1 rings (SSSR count). The van der Waals surface area contributed by atoms with E-state index >= 15 is 0 Å². The summed E-state index contributed by atoms with van der Waals surface area (Å²) in [6.45, 7) is 7.33. The molecule has 12 heavy (non-hydrogen) atoms. The summed E-state index contributed by atoms with van der Waals surface area (Å²) < 4.78 is 0.194. The highest BCUT2D eigenvalue weighted by Crippen LogP contribution is 2.05. The Balaban J connectivity index is 0.000000261. The van der Waals surface area contributed by atoms with E-state index in [4.69, 9.17) is 5.73 Å². The van der Waals surface area contributed by atoms with Gasteiger partial charge >= 0.3 is 0 Å². The van der Waals surface area contributed by atoms with Crippen molar-refractivity contribution in [3.63, 3.8) is 0 Å². The van der Waals surface area contributed by atoms with Crippen LogP contribution in [0.4, 0.5) is 0 Å². The number of thiol groups is 1. The lowest BCUT2D eigenvalue weighted by Crippen LogP contribution is -2.18. The zero-order chi connectivity index (χ0) is 9.40. The van der Waals surface area contributed by atoms with E-state index in [1.54, 1.807) is 0 Å². The smallest absolute Gasteiger partial charge is 0.128 e. The Kier molecular flexibility index (Phi) is 7.54. The fraction of sp³-hybridized carbons (Fsp3) is 0.625. The van der Waals surface area contributed by atoms with Gasteiger partial charge in [0.25, 0.3) is 0 Å². The van der Waals surface area contributed by atoms with Crippen molar-refractivity contribution in [1.29, 1.82) is 0 Å². The first-order valence-electron chi connectivity index (χ1n) is 3.98. The van der Waals surface area contributed by atoms with Crippen LogP contribution >= 0.6 is 24.8 Å². The van der Waals surface area contributed by atoms with Gasteiger partial charge in [-0.05, 0) is 25.9 Å². The third-order valence-corrected chi connectivity index (χ3v) is 1.59. The number of likely N-dealkylation sites (tertiary alicyclic amines) is 1. The molecule has 0 atom stereocenters. The molecule has 1 saturated heterocycles. The van der Waals surface area contributed by atoms with Gasteiger partial charge in [0, 0.05) is 6.54 Å². The molecule has 1 fully saturated rings. The van der Waals surface area contributed by atoms with E-state index < -0.39 is 0 Å². The minimum atomic E-state index is 0.194. The van der Waals surface area contributed by atoms with Crippen LogP contribution < -0.4 is 5.73 Å². The molecule has 0 aromatic carbocycles. The molecule has 0 radical (unpaired) electrons. The first-order valence-corrected chi connectivity index (χ1v) is 4.84. The molecule has 0 aromatic rings. The predicted molar refractivity (Wildman–Crippen MR) is 61.6 cm³/mol. The van der Waals surface area contributed by atoms with Crippen molar-refractivity contribution in [3.8, 4) is 0 Å². The minimum Gasteiger partial charge on any atom is -0.385 e. The predicted octanol–water partition coefficient (Wildman–Crippen LogP) is 1.43. The van der Waals surface area contributed by atoms with Crippen LogP contribution in [-0.4, -0.2) is 28.9 Å². The second-order valence-corrected chi connectivity index (χ2v) is 3.86. The van der Waals surface area contributed by atoms with Crippen molar-refractivity contribution in [2.24, 2.45) is 5.73 Å². The largest absolute Gasteiger partial charge is 0.385 e. The summed E-state index contributed by atoms with van der Waals surface area (Å²) in [4.78, 5) is 2.42. The van der Waals surface area contributed by atoms with Gasteiger partial charge < -0.3 is 5.73 Å². The van der Waals surface area contributed by atoms with Crippen molar-refractivity contribution >= 4 is 29.2 Å². The molecule has 1 heterocycles. The van der Waals surface area contributed by atoms with Gasteiger partial charge in [-0.25, -0.2) is 0 Å².